The van der Waals surface area contributed by atoms with Crippen LogP contribution in [0.3, 0.4) is 0 Å². The number of nitrogens with zero attached hydrogens (tertiary/aromatic N) is 1. The number of aromatic nitrogens is 1. The summed E-state index contributed by atoms with van der Waals surface area (Å²) in [5, 5.41) is 1.17. The number of hydrogen-bond donors (Lipinski definition) is 2. The number of nitrogens with one attached hydrogen (secondary N) is 2. The van der Waals surface area contributed by atoms with Crippen molar-refractivity contribution >= 4 is 16.6 Å². The highest BCUT2D eigenvalue weighted by molar-refractivity contribution is 5.95. The highest BCUT2D eigenvalue weighted by Crippen LogP contribution is 2.35. The van der Waals surface area contributed by atoms with Gasteiger partial charge in [0.2, 0.25) is 0 Å². The predicted molar refractivity (Wildman–Crippen MR) is 68.2 cm³/mol. The molecule has 1 aliphatic heterocycles. The molecule has 0 fully saturated rings. The van der Waals surface area contributed by atoms with Gasteiger partial charge in [0.25, 0.3) is 0 Å². The summed E-state index contributed by atoms with van der Waals surface area (Å²) < 4.78 is 5.59. The predicted octanol–water partition coefficient (Wildman–Crippen LogP) is 2.11. The van der Waals surface area contributed by atoms with Crippen LogP contribution in [0.4, 0.5) is 5.69 Å². The van der Waals surface area contributed by atoms with Crippen molar-refractivity contribution in [2.45, 2.75) is 13.3 Å². The third-order valence-corrected chi connectivity index (χ3v) is 2.98. The lowest BCUT2D eigenvalue weighted by molar-refractivity contribution is 0.357. The number of hydrazine groups is 1. The lowest BCUT2D eigenvalue weighted by atomic mass is 10.0. The summed E-state index contributed by atoms with van der Waals surface area (Å²) in [6, 6.07) is 6.01. The smallest absolute Gasteiger partial charge is 0.123 e. The molecule has 2 heterocycles. The van der Waals surface area contributed by atoms with Gasteiger partial charge in [-0.2, -0.15) is 0 Å². The summed E-state index contributed by atoms with van der Waals surface area (Å²) in [6.45, 7) is 3.70. The van der Waals surface area contributed by atoms with Gasteiger partial charge in [-0.1, -0.05) is 6.92 Å². The monoisotopic (exact) mass is 229 g/mol. The third kappa shape index (κ3) is 1.70. The van der Waals surface area contributed by atoms with E-state index in [0.29, 0.717) is 0 Å². The van der Waals surface area contributed by atoms with E-state index in [1.165, 1.54) is 10.9 Å². The van der Waals surface area contributed by atoms with Crippen LogP contribution in [0.5, 0.6) is 5.75 Å². The first-order valence-corrected chi connectivity index (χ1v) is 5.92. The molecular weight excluding hydrogens is 214 g/mol. The minimum absolute atomic E-state index is 0.768. The van der Waals surface area contributed by atoms with Gasteiger partial charge in [0, 0.05) is 30.1 Å². The van der Waals surface area contributed by atoms with E-state index < -0.39 is 0 Å². The molecule has 0 spiro atoms. The summed E-state index contributed by atoms with van der Waals surface area (Å²) in [5.41, 5.74) is 9.69. The Hall–Kier alpha value is -1.81. The molecule has 2 aromatic rings. The Morgan fingerprint density at radius 3 is 3.18 bits per heavy atom. The second-order valence-corrected chi connectivity index (χ2v) is 4.05. The third-order valence-electron chi connectivity index (χ3n) is 2.98. The Bertz CT molecular complexity index is 554. The minimum Gasteiger partial charge on any atom is -0.493 e. The van der Waals surface area contributed by atoms with Crippen LogP contribution in [0.2, 0.25) is 0 Å². The average molecular weight is 229 g/mol. The fourth-order valence-electron chi connectivity index (χ4n) is 2.23. The molecule has 0 saturated carbocycles. The maximum atomic E-state index is 5.59. The van der Waals surface area contributed by atoms with Crippen molar-refractivity contribution in [3.8, 4) is 5.75 Å². The van der Waals surface area contributed by atoms with Crippen LogP contribution in [0.1, 0.15) is 12.5 Å². The molecule has 1 aromatic heterocycles. The zero-order valence-corrected chi connectivity index (χ0v) is 9.79. The first-order chi connectivity index (χ1) is 8.40. The molecule has 0 amide bonds. The molecule has 88 valence electrons. The second kappa shape index (κ2) is 4.22. The maximum Gasteiger partial charge on any atom is 0.123 e. The van der Waals surface area contributed by atoms with Gasteiger partial charge in [-0.3, -0.25) is 4.98 Å². The van der Waals surface area contributed by atoms with Gasteiger partial charge in [-0.05, 0) is 18.2 Å². The Balaban J connectivity index is 2.18. The maximum absolute atomic E-state index is 5.59. The standard InChI is InChI=1S/C13H15N3O/c1-2-15-16-11-5-7-14-10-3-4-12-9(13(10)11)6-8-17-12/h3-5,7,15H,2,6,8H2,1H3,(H,14,16). The summed E-state index contributed by atoms with van der Waals surface area (Å²) >= 11 is 0. The van der Waals surface area contributed by atoms with Gasteiger partial charge in [-0.25, -0.2) is 5.43 Å². The second-order valence-electron chi connectivity index (χ2n) is 4.05. The van der Waals surface area contributed by atoms with Crippen LogP contribution in [0, 0.1) is 0 Å². The van der Waals surface area contributed by atoms with Crippen LogP contribution in [-0.2, 0) is 6.42 Å². The molecule has 0 unspecified atom stereocenters. The van der Waals surface area contributed by atoms with Crippen molar-refractivity contribution < 1.29 is 4.74 Å². The number of ether oxygens (including phenoxy) is 1. The van der Waals surface area contributed by atoms with Crippen LogP contribution >= 0.6 is 0 Å². The molecule has 1 aromatic carbocycles. The summed E-state index contributed by atoms with van der Waals surface area (Å²) in [4.78, 5) is 4.40. The van der Waals surface area contributed by atoms with Gasteiger partial charge >= 0.3 is 0 Å². The van der Waals surface area contributed by atoms with Crippen LogP contribution < -0.4 is 15.6 Å². The highest BCUT2D eigenvalue weighted by Gasteiger charge is 2.17. The lowest BCUT2D eigenvalue weighted by Crippen LogP contribution is -2.20. The summed E-state index contributed by atoms with van der Waals surface area (Å²) in [5.74, 6) is 0.991. The molecule has 2 N–H and O–H groups in total. The number of rotatable bonds is 3. The van der Waals surface area contributed by atoms with E-state index in [0.717, 1.165) is 36.5 Å². The highest BCUT2D eigenvalue weighted by atomic mass is 16.5. The number of pyridine rings is 1. The van der Waals surface area contributed by atoms with Crippen molar-refractivity contribution in [3.63, 3.8) is 0 Å². The van der Waals surface area contributed by atoms with E-state index in [-0.39, 0.29) is 0 Å². The van der Waals surface area contributed by atoms with E-state index in [2.05, 4.69) is 22.8 Å². The van der Waals surface area contributed by atoms with E-state index in [4.69, 9.17) is 4.74 Å². The van der Waals surface area contributed by atoms with Crippen LogP contribution in [-0.4, -0.2) is 18.1 Å². The van der Waals surface area contributed by atoms with Gasteiger partial charge in [0.15, 0.2) is 0 Å². The van der Waals surface area contributed by atoms with Crippen LogP contribution in [0.15, 0.2) is 24.4 Å². The SMILES string of the molecule is CCNNc1ccnc2ccc3c(c12)CCO3. The quantitative estimate of drug-likeness (QED) is 0.791. The molecule has 0 radical (unpaired) electrons. The van der Waals surface area contributed by atoms with Crippen molar-refractivity contribution in [1.82, 2.24) is 10.4 Å². The van der Waals surface area contributed by atoms with E-state index in [1.807, 2.05) is 24.4 Å². The fraction of sp³-hybridized carbons (Fsp3) is 0.308. The zero-order chi connectivity index (χ0) is 11.7. The molecule has 1 aliphatic rings. The number of anilines is 1. The first-order valence-electron chi connectivity index (χ1n) is 5.92. The molecule has 17 heavy (non-hydrogen) atoms. The first kappa shape index (κ1) is 10.4. The number of benzene rings is 1. The van der Waals surface area contributed by atoms with Crippen molar-refractivity contribution in [2.75, 3.05) is 18.6 Å². The molecule has 0 saturated heterocycles. The summed E-state index contributed by atoms with van der Waals surface area (Å²) in [7, 11) is 0. The van der Waals surface area contributed by atoms with Crippen molar-refractivity contribution in [1.29, 1.82) is 0 Å². The topological polar surface area (TPSA) is 46.2 Å². The van der Waals surface area contributed by atoms with Crippen molar-refractivity contribution in [2.24, 2.45) is 0 Å². The van der Waals surface area contributed by atoms with Gasteiger partial charge in [0.1, 0.15) is 5.75 Å². The molecule has 3 rings (SSSR count). The average Bonchev–Trinajstić information content (AvgIpc) is 2.84. The summed E-state index contributed by atoms with van der Waals surface area (Å²) in [6.07, 6.45) is 2.78. The molecule has 0 bridgehead atoms. The number of fused-ring (bicyclic) bond motifs is 3. The Kier molecular flexibility index (Phi) is 2.57. The molecule has 4 nitrogen and oxygen atoms in total. The van der Waals surface area contributed by atoms with E-state index in [9.17, 15) is 0 Å². The van der Waals surface area contributed by atoms with Gasteiger partial charge < -0.3 is 10.2 Å². The Morgan fingerprint density at radius 2 is 2.29 bits per heavy atom. The molecule has 0 aliphatic carbocycles. The Morgan fingerprint density at radius 1 is 1.35 bits per heavy atom. The molecular formula is C13H15N3O. The zero-order valence-electron chi connectivity index (χ0n) is 9.79. The van der Waals surface area contributed by atoms with E-state index >= 15 is 0 Å². The van der Waals surface area contributed by atoms with Crippen molar-refractivity contribution in [3.05, 3.63) is 30.0 Å². The van der Waals surface area contributed by atoms with Gasteiger partial charge in [-0.15, -0.1) is 0 Å². The molecule has 0 atom stereocenters. The van der Waals surface area contributed by atoms with Gasteiger partial charge in [0.05, 0.1) is 17.8 Å². The van der Waals surface area contributed by atoms with Crippen LogP contribution in [0.25, 0.3) is 10.9 Å². The largest absolute Gasteiger partial charge is 0.493 e. The molecule has 4 heteroatoms. The Labute approximate surface area is 100.0 Å². The lowest BCUT2D eigenvalue weighted by Gasteiger charge is -2.11. The normalized spacial score (nSPS) is 13.5. The van der Waals surface area contributed by atoms with E-state index in [1.54, 1.807) is 0 Å². The minimum atomic E-state index is 0.768. The number of hydrogen-bond acceptors (Lipinski definition) is 4. The fourth-order valence-corrected chi connectivity index (χ4v) is 2.23.